The molecule has 150 valence electrons. The predicted molar refractivity (Wildman–Crippen MR) is 107 cm³/mol. The van der Waals surface area contributed by atoms with Gasteiger partial charge >= 0.3 is 5.97 Å². The molecule has 0 saturated carbocycles. The Morgan fingerprint density at radius 2 is 2.11 bits per heavy atom. The first-order valence-corrected chi connectivity index (χ1v) is 11.4. The van der Waals surface area contributed by atoms with E-state index in [1.807, 2.05) is 6.92 Å². The van der Waals surface area contributed by atoms with Gasteiger partial charge in [-0.05, 0) is 37.1 Å². The first-order chi connectivity index (χ1) is 13.2. The standard InChI is InChI=1S/C18H21N3O5S2/c1-4-20(12(2)22)18-19-15(11-27-18)10-26-17(23)14-5-6-16-13(9-14)7-8-21(16)28(3,24)25/h5-6,9,11H,4,7-8,10H2,1-3H3. The lowest BCUT2D eigenvalue weighted by atomic mass is 10.1. The number of nitrogens with zero attached hydrogens (tertiary/aromatic N) is 3. The molecule has 1 aromatic heterocycles. The molecule has 8 nitrogen and oxygen atoms in total. The molecule has 10 heteroatoms. The maximum absolute atomic E-state index is 12.4. The molecule has 1 amide bonds. The molecule has 1 aromatic carbocycles. The number of hydrogen-bond donors (Lipinski definition) is 0. The van der Waals surface area contributed by atoms with Crippen LogP contribution in [0.2, 0.25) is 0 Å². The van der Waals surface area contributed by atoms with Crippen molar-refractivity contribution in [3.05, 3.63) is 40.4 Å². The van der Waals surface area contributed by atoms with E-state index in [4.69, 9.17) is 4.74 Å². The van der Waals surface area contributed by atoms with Gasteiger partial charge in [0.2, 0.25) is 15.9 Å². The normalized spacial score (nSPS) is 13.3. The highest BCUT2D eigenvalue weighted by molar-refractivity contribution is 7.92. The fourth-order valence-electron chi connectivity index (χ4n) is 3.04. The Morgan fingerprint density at radius 3 is 2.75 bits per heavy atom. The summed E-state index contributed by atoms with van der Waals surface area (Å²) < 4.78 is 30.2. The number of ether oxygens (including phenoxy) is 1. The Hall–Kier alpha value is -2.46. The molecule has 0 radical (unpaired) electrons. The lowest BCUT2D eigenvalue weighted by Gasteiger charge is -2.16. The van der Waals surface area contributed by atoms with Gasteiger partial charge in [0.25, 0.3) is 0 Å². The SMILES string of the molecule is CCN(C(C)=O)c1nc(COC(=O)c2ccc3c(c2)CCN3S(C)(=O)=O)cs1. The Bertz CT molecular complexity index is 1020. The van der Waals surface area contributed by atoms with Gasteiger partial charge in [0.1, 0.15) is 6.61 Å². The van der Waals surface area contributed by atoms with Crippen LogP contribution in [0.15, 0.2) is 23.6 Å². The summed E-state index contributed by atoms with van der Waals surface area (Å²) in [6, 6.07) is 4.86. The van der Waals surface area contributed by atoms with Crippen LogP contribution in [0.5, 0.6) is 0 Å². The monoisotopic (exact) mass is 423 g/mol. The van der Waals surface area contributed by atoms with Crippen molar-refractivity contribution in [3.63, 3.8) is 0 Å². The predicted octanol–water partition coefficient (Wildman–Crippen LogP) is 2.20. The molecule has 0 unspecified atom stereocenters. The molecular formula is C18H21N3O5S2. The third kappa shape index (κ3) is 4.17. The second-order valence-corrected chi connectivity index (χ2v) is 9.13. The van der Waals surface area contributed by atoms with Crippen LogP contribution in [-0.4, -0.2) is 44.6 Å². The van der Waals surface area contributed by atoms with E-state index >= 15 is 0 Å². The zero-order valence-electron chi connectivity index (χ0n) is 15.8. The van der Waals surface area contributed by atoms with Crippen LogP contribution in [0.4, 0.5) is 10.8 Å². The van der Waals surface area contributed by atoms with Crippen molar-refractivity contribution in [1.29, 1.82) is 0 Å². The van der Waals surface area contributed by atoms with Gasteiger partial charge in [-0.3, -0.25) is 14.0 Å². The zero-order valence-corrected chi connectivity index (χ0v) is 17.5. The minimum atomic E-state index is -3.33. The van der Waals surface area contributed by atoms with Crippen LogP contribution < -0.4 is 9.21 Å². The Labute approximate surface area is 167 Å². The molecule has 0 atom stereocenters. The van der Waals surface area contributed by atoms with Crippen molar-refractivity contribution in [1.82, 2.24) is 4.98 Å². The van der Waals surface area contributed by atoms with Gasteiger partial charge in [-0.15, -0.1) is 11.3 Å². The van der Waals surface area contributed by atoms with E-state index in [1.165, 1.54) is 22.6 Å². The highest BCUT2D eigenvalue weighted by Gasteiger charge is 2.27. The van der Waals surface area contributed by atoms with Crippen molar-refractivity contribution in [2.45, 2.75) is 26.9 Å². The molecule has 0 aliphatic carbocycles. The van der Waals surface area contributed by atoms with Gasteiger partial charge in [-0.2, -0.15) is 0 Å². The van der Waals surface area contributed by atoms with E-state index in [0.717, 1.165) is 11.8 Å². The number of benzene rings is 1. The number of rotatable bonds is 6. The molecule has 28 heavy (non-hydrogen) atoms. The first-order valence-electron chi connectivity index (χ1n) is 8.71. The smallest absolute Gasteiger partial charge is 0.338 e. The number of carbonyl (C=O) groups is 2. The number of carbonyl (C=O) groups excluding carboxylic acids is 2. The van der Waals surface area contributed by atoms with Crippen LogP contribution in [0, 0.1) is 0 Å². The molecule has 0 saturated heterocycles. The van der Waals surface area contributed by atoms with Crippen molar-refractivity contribution in [2.75, 3.05) is 28.6 Å². The quantitative estimate of drug-likeness (QED) is 0.661. The second kappa shape index (κ2) is 7.88. The number of hydrogen-bond acceptors (Lipinski definition) is 7. The fraction of sp³-hybridized carbons (Fsp3) is 0.389. The van der Waals surface area contributed by atoms with Crippen molar-refractivity contribution < 1.29 is 22.7 Å². The van der Waals surface area contributed by atoms with E-state index in [9.17, 15) is 18.0 Å². The number of sulfonamides is 1. The van der Waals surface area contributed by atoms with Crippen molar-refractivity contribution in [3.8, 4) is 0 Å². The zero-order chi connectivity index (χ0) is 20.5. The molecule has 2 heterocycles. The van der Waals surface area contributed by atoms with E-state index in [2.05, 4.69) is 4.98 Å². The summed E-state index contributed by atoms with van der Waals surface area (Å²) in [7, 11) is -3.33. The summed E-state index contributed by atoms with van der Waals surface area (Å²) in [4.78, 5) is 29.8. The van der Waals surface area contributed by atoms with Crippen LogP contribution in [0.25, 0.3) is 0 Å². The van der Waals surface area contributed by atoms with Gasteiger partial charge in [0, 0.05) is 25.4 Å². The summed E-state index contributed by atoms with van der Waals surface area (Å²) in [6.45, 7) is 4.22. The van der Waals surface area contributed by atoms with Gasteiger partial charge in [-0.1, -0.05) is 0 Å². The van der Waals surface area contributed by atoms with Crippen molar-refractivity contribution in [2.24, 2.45) is 0 Å². The maximum Gasteiger partial charge on any atom is 0.338 e. The summed E-state index contributed by atoms with van der Waals surface area (Å²) in [5, 5.41) is 2.32. The number of esters is 1. The van der Waals surface area contributed by atoms with E-state index in [0.29, 0.717) is 41.6 Å². The van der Waals surface area contributed by atoms with Gasteiger partial charge in [0.05, 0.1) is 23.2 Å². The third-order valence-electron chi connectivity index (χ3n) is 4.39. The van der Waals surface area contributed by atoms with E-state index < -0.39 is 16.0 Å². The number of fused-ring (bicyclic) bond motifs is 1. The largest absolute Gasteiger partial charge is 0.456 e. The molecule has 0 N–H and O–H groups in total. The molecule has 1 aliphatic heterocycles. The Balaban J connectivity index is 1.67. The number of anilines is 2. The fourth-order valence-corrected chi connectivity index (χ4v) is 4.92. The number of amides is 1. The first kappa shape index (κ1) is 20.3. The van der Waals surface area contributed by atoms with Crippen molar-refractivity contribution >= 4 is 44.1 Å². The molecule has 1 aliphatic rings. The number of thiazole rings is 1. The van der Waals surface area contributed by atoms with Crippen LogP contribution in [0.1, 0.15) is 35.5 Å². The lowest BCUT2D eigenvalue weighted by Crippen LogP contribution is -2.27. The van der Waals surface area contributed by atoms with E-state index in [1.54, 1.807) is 28.5 Å². The van der Waals surface area contributed by atoms with Gasteiger partial charge in [0.15, 0.2) is 5.13 Å². The molecular weight excluding hydrogens is 402 g/mol. The average Bonchev–Trinajstić information content (AvgIpc) is 3.26. The number of aromatic nitrogens is 1. The van der Waals surface area contributed by atoms with Gasteiger partial charge in [-0.25, -0.2) is 18.2 Å². The second-order valence-electron chi connectivity index (χ2n) is 6.39. The average molecular weight is 424 g/mol. The molecule has 3 rings (SSSR count). The Kier molecular flexibility index (Phi) is 5.71. The lowest BCUT2D eigenvalue weighted by molar-refractivity contribution is -0.116. The minimum Gasteiger partial charge on any atom is -0.456 e. The highest BCUT2D eigenvalue weighted by Crippen LogP contribution is 2.31. The minimum absolute atomic E-state index is 0.00264. The highest BCUT2D eigenvalue weighted by atomic mass is 32.2. The van der Waals surface area contributed by atoms with Crippen LogP contribution in [0.3, 0.4) is 0 Å². The van der Waals surface area contributed by atoms with Crippen LogP contribution >= 0.6 is 11.3 Å². The molecule has 0 bridgehead atoms. The van der Waals surface area contributed by atoms with E-state index in [-0.39, 0.29) is 12.5 Å². The topological polar surface area (TPSA) is 96.9 Å². The summed E-state index contributed by atoms with van der Waals surface area (Å²) in [6.07, 6.45) is 1.72. The maximum atomic E-state index is 12.4. The molecule has 0 fully saturated rings. The molecule has 2 aromatic rings. The van der Waals surface area contributed by atoms with Gasteiger partial charge < -0.3 is 4.74 Å². The Morgan fingerprint density at radius 1 is 1.36 bits per heavy atom. The van der Waals surface area contributed by atoms with Crippen LogP contribution in [-0.2, 0) is 32.6 Å². The molecule has 0 spiro atoms. The summed E-state index contributed by atoms with van der Waals surface area (Å²) in [5.41, 5.74) is 2.34. The third-order valence-corrected chi connectivity index (χ3v) is 6.48. The summed E-state index contributed by atoms with van der Waals surface area (Å²) in [5.74, 6) is -0.601. The summed E-state index contributed by atoms with van der Waals surface area (Å²) >= 11 is 1.32.